The van der Waals surface area contributed by atoms with E-state index in [9.17, 15) is 9.59 Å². The van der Waals surface area contributed by atoms with Gasteiger partial charge in [0.2, 0.25) is 5.91 Å². The molecule has 0 saturated heterocycles. The molecular formula is C13H20N4O2. The van der Waals surface area contributed by atoms with E-state index in [-0.39, 0.29) is 23.6 Å². The number of pyridine rings is 1. The van der Waals surface area contributed by atoms with Gasteiger partial charge in [0.25, 0.3) is 5.91 Å². The number of nitrogen functional groups attached to an aromatic ring is 1. The molecule has 0 bridgehead atoms. The van der Waals surface area contributed by atoms with Crippen LogP contribution in [0.3, 0.4) is 0 Å². The third-order valence-corrected chi connectivity index (χ3v) is 2.24. The molecule has 19 heavy (non-hydrogen) atoms. The van der Waals surface area contributed by atoms with Crippen LogP contribution in [-0.4, -0.2) is 28.9 Å². The van der Waals surface area contributed by atoms with Crippen LogP contribution in [0.15, 0.2) is 12.3 Å². The van der Waals surface area contributed by atoms with Crippen LogP contribution in [0.1, 0.15) is 36.8 Å². The van der Waals surface area contributed by atoms with Crippen molar-refractivity contribution in [2.75, 3.05) is 12.3 Å². The van der Waals surface area contributed by atoms with E-state index < -0.39 is 5.91 Å². The Morgan fingerprint density at radius 1 is 1.37 bits per heavy atom. The summed E-state index contributed by atoms with van der Waals surface area (Å²) in [5, 5.41) is 5.26. The fourth-order valence-electron chi connectivity index (χ4n) is 1.49. The number of carbonyl (C=O) groups is 2. The average molecular weight is 264 g/mol. The van der Waals surface area contributed by atoms with Crippen LogP contribution < -0.4 is 16.4 Å². The number of hydrogen-bond acceptors (Lipinski definition) is 4. The first-order chi connectivity index (χ1) is 8.69. The van der Waals surface area contributed by atoms with Crippen molar-refractivity contribution in [2.45, 2.75) is 33.2 Å². The zero-order valence-electron chi connectivity index (χ0n) is 11.7. The van der Waals surface area contributed by atoms with E-state index in [4.69, 9.17) is 5.73 Å². The summed E-state index contributed by atoms with van der Waals surface area (Å²) in [6.45, 7) is 7.30. The third kappa shape index (κ3) is 4.95. The van der Waals surface area contributed by atoms with Gasteiger partial charge in [0.05, 0.1) is 12.1 Å². The summed E-state index contributed by atoms with van der Waals surface area (Å²) in [6.07, 6.45) is 1.40. The lowest BCUT2D eigenvalue weighted by Gasteiger charge is -2.20. The summed E-state index contributed by atoms with van der Waals surface area (Å²) >= 11 is 0. The van der Waals surface area contributed by atoms with E-state index in [0.717, 1.165) is 5.69 Å². The van der Waals surface area contributed by atoms with Crippen molar-refractivity contribution in [2.24, 2.45) is 0 Å². The maximum Gasteiger partial charge on any atom is 0.255 e. The molecule has 6 nitrogen and oxygen atoms in total. The first kappa shape index (κ1) is 14.9. The van der Waals surface area contributed by atoms with Gasteiger partial charge in [0.15, 0.2) is 0 Å². The standard InChI is InChI=1S/C13H20N4O2/c1-8-5-10(14)9(6-15-8)12(19)16-7-11(18)17-13(2,3)4/h5-6H,7H2,1-4H3,(H2,14,15)(H,16,19)(H,17,18). The van der Waals surface area contributed by atoms with E-state index in [0.29, 0.717) is 5.69 Å². The smallest absolute Gasteiger partial charge is 0.255 e. The van der Waals surface area contributed by atoms with Crippen LogP contribution in [0.5, 0.6) is 0 Å². The summed E-state index contributed by atoms with van der Waals surface area (Å²) in [6, 6.07) is 1.62. The first-order valence-electron chi connectivity index (χ1n) is 6.00. The highest BCUT2D eigenvalue weighted by Gasteiger charge is 2.15. The van der Waals surface area contributed by atoms with Gasteiger partial charge in [-0.1, -0.05) is 0 Å². The number of nitrogens with one attached hydrogen (secondary N) is 2. The molecule has 0 aromatic carbocycles. The molecule has 0 fully saturated rings. The van der Waals surface area contributed by atoms with Crippen LogP contribution in [0, 0.1) is 6.92 Å². The van der Waals surface area contributed by atoms with Crippen LogP contribution in [0.2, 0.25) is 0 Å². The molecule has 1 heterocycles. The predicted molar refractivity (Wildman–Crippen MR) is 73.6 cm³/mol. The van der Waals surface area contributed by atoms with Gasteiger partial charge in [0.1, 0.15) is 0 Å². The SMILES string of the molecule is Cc1cc(N)c(C(=O)NCC(=O)NC(C)(C)C)cn1. The van der Waals surface area contributed by atoms with Gasteiger partial charge < -0.3 is 16.4 Å². The Labute approximate surface area is 112 Å². The highest BCUT2D eigenvalue weighted by molar-refractivity contribution is 6.00. The van der Waals surface area contributed by atoms with E-state index in [1.165, 1.54) is 6.20 Å². The molecule has 0 aliphatic carbocycles. The average Bonchev–Trinajstić information content (AvgIpc) is 2.23. The van der Waals surface area contributed by atoms with Crippen molar-refractivity contribution in [3.05, 3.63) is 23.5 Å². The second-order valence-corrected chi connectivity index (χ2v) is 5.39. The molecule has 1 rings (SSSR count). The Morgan fingerprint density at radius 3 is 2.53 bits per heavy atom. The van der Waals surface area contributed by atoms with Crippen molar-refractivity contribution < 1.29 is 9.59 Å². The lowest BCUT2D eigenvalue weighted by Crippen LogP contribution is -2.45. The molecule has 0 spiro atoms. The highest BCUT2D eigenvalue weighted by Crippen LogP contribution is 2.10. The fourth-order valence-corrected chi connectivity index (χ4v) is 1.49. The number of amides is 2. The van der Waals surface area contributed by atoms with Crippen LogP contribution in [0.4, 0.5) is 5.69 Å². The zero-order chi connectivity index (χ0) is 14.6. The minimum atomic E-state index is -0.408. The molecule has 104 valence electrons. The van der Waals surface area contributed by atoms with E-state index in [2.05, 4.69) is 15.6 Å². The van der Waals surface area contributed by atoms with Gasteiger partial charge in [-0.2, -0.15) is 0 Å². The monoisotopic (exact) mass is 264 g/mol. The molecule has 0 atom stereocenters. The van der Waals surface area contributed by atoms with Crippen molar-refractivity contribution in [3.63, 3.8) is 0 Å². The quantitative estimate of drug-likeness (QED) is 0.745. The molecular weight excluding hydrogens is 244 g/mol. The Kier molecular flexibility index (Phi) is 4.47. The predicted octanol–water partition coefficient (Wildman–Crippen LogP) is 0.617. The minimum absolute atomic E-state index is 0.0938. The number of nitrogens with two attached hydrogens (primary N) is 1. The fraction of sp³-hybridized carbons (Fsp3) is 0.462. The number of carbonyl (C=O) groups excluding carboxylic acids is 2. The molecule has 1 aromatic heterocycles. The minimum Gasteiger partial charge on any atom is -0.398 e. The molecule has 2 amide bonds. The van der Waals surface area contributed by atoms with Gasteiger partial charge in [-0.05, 0) is 33.8 Å². The van der Waals surface area contributed by atoms with E-state index in [1.807, 2.05) is 20.8 Å². The maximum absolute atomic E-state index is 11.8. The van der Waals surface area contributed by atoms with Crippen molar-refractivity contribution in [1.29, 1.82) is 0 Å². The number of aromatic nitrogens is 1. The summed E-state index contributed by atoms with van der Waals surface area (Å²) < 4.78 is 0. The van der Waals surface area contributed by atoms with Crippen molar-refractivity contribution in [3.8, 4) is 0 Å². The van der Waals surface area contributed by atoms with Crippen LogP contribution in [0.25, 0.3) is 0 Å². The number of aryl methyl sites for hydroxylation is 1. The number of rotatable bonds is 3. The summed E-state index contributed by atoms with van der Waals surface area (Å²) in [5.74, 6) is -0.659. The Hall–Kier alpha value is -2.11. The summed E-state index contributed by atoms with van der Waals surface area (Å²) in [4.78, 5) is 27.4. The number of nitrogens with zero attached hydrogens (tertiary/aromatic N) is 1. The van der Waals surface area contributed by atoms with Crippen LogP contribution in [-0.2, 0) is 4.79 Å². The van der Waals surface area contributed by atoms with E-state index in [1.54, 1.807) is 13.0 Å². The second kappa shape index (κ2) is 5.69. The third-order valence-electron chi connectivity index (χ3n) is 2.24. The zero-order valence-corrected chi connectivity index (χ0v) is 11.7. The molecule has 0 aliphatic heterocycles. The van der Waals surface area contributed by atoms with Crippen molar-refractivity contribution in [1.82, 2.24) is 15.6 Å². The van der Waals surface area contributed by atoms with Gasteiger partial charge in [-0.15, -0.1) is 0 Å². The van der Waals surface area contributed by atoms with Gasteiger partial charge in [-0.3, -0.25) is 14.6 Å². The second-order valence-electron chi connectivity index (χ2n) is 5.39. The largest absolute Gasteiger partial charge is 0.398 e. The lowest BCUT2D eigenvalue weighted by molar-refractivity contribution is -0.121. The van der Waals surface area contributed by atoms with Crippen LogP contribution >= 0.6 is 0 Å². The van der Waals surface area contributed by atoms with Gasteiger partial charge in [0, 0.05) is 23.1 Å². The topological polar surface area (TPSA) is 97.1 Å². The van der Waals surface area contributed by atoms with Crippen molar-refractivity contribution >= 4 is 17.5 Å². The molecule has 0 radical (unpaired) electrons. The summed E-state index contributed by atoms with van der Waals surface area (Å²) in [5.41, 5.74) is 6.76. The number of anilines is 1. The molecule has 4 N–H and O–H groups in total. The molecule has 6 heteroatoms. The Balaban J connectivity index is 2.59. The van der Waals surface area contributed by atoms with E-state index >= 15 is 0 Å². The highest BCUT2D eigenvalue weighted by atomic mass is 16.2. The molecule has 0 unspecified atom stereocenters. The normalized spacial score (nSPS) is 10.9. The number of hydrogen-bond donors (Lipinski definition) is 3. The van der Waals surface area contributed by atoms with Gasteiger partial charge in [-0.25, -0.2) is 0 Å². The lowest BCUT2D eigenvalue weighted by atomic mass is 10.1. The molecule has 1 aromatic rings. The summed E-state index contributed by atoms with van der Waals surface area (Å²) in [7, 11) is 0. The Bertz CT molecular complexity index is 492. The first-order valence-corrected chi connectivity index (χ1v) is 6.00. The maximum atomic E-state index is 11.8. The molecule has 0 aliphatic rings. The Morgan fingerprint density at radius 2 is 2.00 bits per heavy atom. The van der Waals surface area contributed by atoms with Gasteiger partial charge >= 0.3 is 0 Å². The molecule has 0 saturated carbocycles.